The Morgan fingerprint density at radius 1 is 0.971 bits per heavy atom. The first-order chi connectivity index (χ1) is 17.0. The van der Waals surface area contributed by atoms with Crippen molar-refractivity contribution >= 4 is 22.9 Å². The Morgan fingerprint density at radius 2 is 1.74 bits per heavy atom. The molecule has 1 N–H and O–H groups in total. The summed E-state index contributed by atoms with van der Waals surface area (Å²) in [6.07, 6.45) is 1.74. The lowest BCUT2D eigenvalue weighted by Crippen LogP contribution is -2.11. The van der Waals surface area contributed by atoms with Gasteiger partial charge in [0.2, 0.25) is 5.88 Å². The van der Waals surface area contributed by atoms with E-state index in [2.05, 4.69) is 26.3 Å². The Morgan fingerprint density at radius 3 is 2.40 bits per heavy atom. The highest BCUT2D eigenvalue weighted by molar-refractivity contribution is 7.13. The second-order valence-corrected chi connectivity index (χ2v) is 8.98. The van der Waals surface area contributed by atoms with E-state index in [1.807, 2.05) is 61.1 Å². The van der Waals surface area contributed by atoms with Crippen molar-refractivity contribution in [1.29, 1.82) is 0 Å². The number of hydrogen-bond donors (Lipinski definition) is 1. The smallest absolute Gasteiger partial charge is 0.255 e. The van der Waals surface area contributed by atoms with Crippen LogP contribution in [0.2, 0.25) is 0 Å². The molecule has 7 nitrogen and oxygen atoms in total. The Bertz CT molecular complexity index is 1470. The van der Waals surface area contributed by atoms with Gasteiger partial charge in [-0.05, 0) is 74.2 Å². The van der Waals surface area contributed by atoms with E-state index in [0.29, 0.717) is 34.5 Å². The lowest BCUT2D eigenvalue weighted by Gasteiger charge is -2.10. The van der Waals surface area contributed by atoms with Crippen LogP contribution in [0.1, 0.15) is 27.6 Å². The van der Waals surface area contributed by atoms with Gasteiger partial charge in [0.1, 0.15) is 23.7 Å². The Labute approximate surface area is 207 Å². The third-order valence-electron chi connectivity index (χ3n) is 5.59. The molecule has 0 bridgehead atoms. The topological polar surface area (TPSA) is 81.9 Å². The summed E-state index contributed by atoms with van der Waals surface area (Å²) >= 11 is 1.67. The zero-order valence-electron chi connectivity index (χ0n) is 19.5. The zero-order chi connectivity index (χ0) is 24.4. The molecular formula is C27H23N5O2S. The number of rotatable bonds is 6. The van der Waals surface area contributed by atoms with Crippen molar-refractivity contribution in [2.24, 2.45) is 0 Å². The predicted molar refractivity (Wildman–Crippen MR) is 138 cm³/mol. The number of aromatic nitrogens is 4. The Kier molecular flexibility index (Phi) is 6.12. The number of nitrogens with one attached hydrogen (secondary N) is 1. The maximum absolute atomic E-state index is 12.7. The second kappa shape index (κ2) is 9.52. The van der Waals surface area contributed by atoms with Crippen LogP contribution < -0.4 is 10.1 Å². The summed E-state index contributed by atoms with van der Waals surface area (Å²) in [7, 11) is 0. The summed E-state index contributed by atoms with van der Waals surface area (Å²) in [5, 5.41) is 4.96. The first-order valence-electron chi connectivity index (χ1n) is 11.1. The summed E-state index contributed by atoms with van der Waals surface area (Å²) in [5.41, 5.74) is 4.32. The zero-order valence-corrected chi connectivity index (χ0v) is 20.3. The van der Waals surface area contributed by atoms with Crippen LogP contribution in [0.15, 0.2) is 78.4 Å². The first-order valence-corrected chi connectivity index (χ1v) is 11.9. The average molecular weight is 482 g/mol. The van der Waals surface area contributed by atoms with Gasteiger partial charge in [-0.25, -0.2) is 9.97 Å². The lowest BCUT2D eigenvalue weighted by molar-refractivity contribution is 0.102. The molecule has 2 aromatic carbocycles. The van der Waals surface area contributed by atoms with Crippen LogP contribution in [-0.2, 0) is 0 Å². The molecule has 5 rings (SSSR count). The summed E-state index contributed by atoms with van der Waals surface area (Å²) < 4.78 is 7.87. The van der Waals surface area contributed by atoms with Crippen LogP contribution in [0.3, 0.4) is 0 Å². The second-order valence-electron chi connectivity index (χ2n) is 8.03. The Hall–Kier alpha value is -4.30. The van der Waals surface area contributed by atoms with Gasteiger partial charge < -0.3 is 10.1 Å². The molecule has 0 fully saturated rings. The van der Waals surface area contributed by atoms with E-state index in [0.717, 1.165) is 17.0 Å². The summed E-state index contributed by atoms with van der Waals surface area (Å²) in [4.78, 5) is 27.1. The van der Waals surface area contributed by atoms with E-state index in [1.54, 1.807) is 48.0 Å². The van der Waals surface area contributed by atoms with Gasteiger partial charge in [0.05, 0.1) is 5.69 Å². The standard InChI is InChI=1S/C27H23N5O2S/c1-17-18(2)32(16-28-17)25-15-26(30-19(3)29-25)34-23-12-10-22(11-13-23)31-27(33)21-8-6-20(7-9-21)24-5-4-14-35-24/h4-16H,1-3H3,(H,31,33). The van der Waals surface area contributed by atoms with Crippen LogP contribution >= 0.6 is 11.3 Å². The van der Waals surface area contributed by atoms with Crippen molar-refractivity contribution in [2.75, 3.05) is 5.32 Å². The largest absolute Gasteiger partial charge is 0.439 e. The van der Waals surface area contributed by atoms with Crippen LogP contribution in [0, 0.1) is 20.8 Å². The van der Waals surface area contributed by atoms with Crippen molar-refractivity contribution in [2.45, 2.75) is 20.8 Å². The maximum Gasteiger partial charge on any atom is 0.255 e. The van der Waals surface area contributed by atoms with E-state index >= 15 is 0 Å². The Balaban J connectivity index is 1.26. The fourth-order valence-corrected chi connectivity index (χ4v) is 4.32. The van der Waals surface area contributed by atoms with Crippen LogP contribution in [0.5, 0.6) is 11.6 Å². The van der Waals surface area contributed by atoms with E-state index in [4.69, 9.17) is 4.74 Å². The minimum Gasteiger partial charge on any atom is -0.439 e. The predicted octanol–water partition coefficient (Wildman–Crippen LogP) is 6.36. The van der Waals surface area contributed by atoms with E-state index in [9.17, 15) is 4.79 Å². The van der Waals surface area contributed by atoms with Gasteiger partial charge in [0, 0.05) is 27.9 Å². The third kappa shape index (κ3) is 4.97. The van der Waals surface area contributed by atoms with Gasteiger partial charge >= 0.3 is 0 Å². The first kappa shape index (κ1) is 22.5. The molecular weight excluding hydrogens is 458 g/mol. The highest BCUT2D eigenvalue weighted by atomic mass is 32.1. The van der Waals surface area contributed by atoms with Gasteiger partial charge in [-0.3, -0.25) is 9.36 Å². The number of benzene rings is 2. The quantitative estimate of drug-likeness (QED) is 0.305. The van der Waals surface area contributed by atoms with Gasteiger partial charge in [0.15, 0.2) is 0 Å². The molecule has 0 aliphatic rings. The highest BCUT2D eigenvalue weighted by Crippen LogP contribution is 2.26. The lowest BCUT2D eigenvalue weighted by atomic mass is 10.1. The fraction of sp³-hybridized carbons (Fsp3) is 0.111. The number of anilines is 1. The highest BCUT2D eigenvalue weighted by Gasteiger charge is 2.11. The molecule has 35 heavy (non-hydrogen) atoms. The molecule has 0 spiro atoms. The summed E-state index contributed by atoms with van der Waals surface area (Å²) in [6.45, 7) is 5.77. The number of aryl methyl sites for hydroxylation is 2. The molecule has 174 valence electrons. The molecule has 0 saturated heterocycles. The number of carbonyl (C=O) groups excluding carboxylic acids is 1. The van der Waals surface area contributed by atoms with Crippen LogP contribution in [0.25, 0.3) is 16.3 Å². The minimum atomic E-state index is -0.168. The van der Waals surface area contributed by atoms with Crippen molar-refractivity contribution in [3.8, 4) is 27.9 Å². The SMILES string of the molecule is Cc1nc(Oc2ccc(NC(=O)c3ccc(-c4cccs4)cc3)cc2)cc(-n2cnc(C)c2C)n1. The molecule has 1 amide bonds. The number of thiophene rings is 1. The molecule has 3 heterocycles. The molecule has 0 unspecified atom stereocenters. The van der Waals surface area contributed by atoms with Crippen molar-refractivity contribution < 1.29 is 9.53 Å². The number of ether oxygens (including phenoxy) is 1. The van der Waals surface area contributed by atoms with Gasteiger partial charge in [-0.15, -0.1) is 11.3 Å². The monoisotopic (exact) mass is 481 g/mol. The molecule has 0 atom stereocenters. The number of carbonyl (C=O) groups is 1. The van der Waals surface area contributed by atoms with E-state index in [-0.39, 0.29) is 5.91 Å². The minimum absolute atomic E-state index is 0.168. The molecule has 0 radical (unpaired) electrons. The third-order valence-corrected chi connectivity index (χ3v) is 6.51. The molecule has 5 aromatic rings. The number of hydrogen-bond acceptors (Lipinski definition) is 6. The summed E-state index contributed by atoms with van der Waals surface area (Å²) in [5.74, 6) is 2.15. The molecule has 3 aromatic heterocycles. The van der Waals surface area contributed by atoms with Crippen molar-refractivity contribution in [1.82, 2.24) is 19.5 Å². The number of imidazole rings is 1. The van der Waals surface area contributed by atoms with Crippen LogP contribution in [-0.4, -0.2) is 25.4 Å². The maximum atomic E-state index is 12.7. The van der Waals surface area contributed by atoms with Crippen molar-refractivity contribution in [3.05, 3.63) is 101 Å². The van der Waals surface area contributed by atoms with E-state index in [1.165, 1.54) is 4.88 Å². The van der Waals surface area contributed by atoms with Crippen molar-refractivity contribution in [3.63, 3.8) is 0 Å². The normalized spacial score (nSPS) is 10.8. The molecule has 0 aliphatic heterocycles. The van der Waals surface area contributed by atoms with E-state index < -0.39 is 0 Å². The number of amides is 1. The fourth-order valence-electron chi connectivity index (χ4n) is 3.59. The van der Waals surface area contributed by atoms with Gasteiger partial charge in [0.25, 0.3) is 5.91 Å². The summed E-state index contributed by atoms with van der Waals surface area (Å²) in [6, 6.07) is 20.6. The van der Waals surface area contributed by atoms with Crippen LogP contribution in [0.4, 0.5) is 5.69 Å². The average Bonchev–Trinajstić information content (AvgIpc) is 3.51. The molecule has 0 aliphatic carbocycles. The number of nitrogens with zero attached hydrogens (tertiary/aromatic N) is 4. The molecule has 0 saturated carbocycles. The molecule has 8 heteroatoms. The van der Waals surface area contributed by atoms with Gasteiger partial charge in [-0.1, -0.05) is 18.2 Å². The van der Waals surface area contributed by atoms with Gasteiger partial charge in [-0.2, -0.15) is 4.98 Å².